The van der Waals surface area contributed by atoms with Gasteiger partial charge in [0, 0.05) is 47.5 Å². The largest absolute Gasteiger partial charge is 3.00 e. The zero-order valence-electron chi connectivity index (χ0n) is 45.7. The number of nitrogens with one attached hydrogen (secondary N) is 1. The van der Waals surface area contributed by atoms with E-state index >= 15 is 10.2 Å². The van der Waals surface area contributed by atoms with Crippen molar-refractivity contribution in [3.63, 3.8) is 0 Å². The number of nitrogens with zero attached hydrogens (tertiary/aromatic N) is 2. The Morgan fingerprint density at radius 3 is 0.972 bits per heavy atom. The van der Waals surface area contributed by atoms with Gasteiger partial charge in [-0.15, -0.1) is 6.61 Å². The van der Waals surface area contributed by atoms with Crippen LogP contribution in [0, 0.1) is 0 Å². The van der Waals surface area contributed by atoms with Gasteiger partial charge in [0.1, 0.15) is 0 Å². The predicted molar refractivity (Wildman–Crippen MR) is 302 cm³/mol. The number of hydrogen-bond donors (Lipinski definition) is 1. The second-order valence-electron chi connectivity index (χ2n) is 22.4. The van der Waals surface area contributed by atoms with Gasteiger partial charge < -0.3 is 25.4 Å². The van der Waals surface area contributed by atoms with Crippen LogP contribution in [0.2, 0.25) is 0 Å². The van der Waals surface area contributed by atoms with Crippen LogP contribution in [0.3, 0.4) is 0 Å². The SMILES string of the molecule is C1CCOC1.CC(C)(C)c1cc(C(C)(C)C)c([O-])c(P(=NCCNCCN=P(c2ccccc2)(c2ccccc2)c2cc(C(C)(C)C)cc(C(C)(C)C)c2[O-])(c2ccccc2)c2ccccc2)c1.CC[O-].[Sc+3]. The first-order valence-electron chi connectivity index (χ1n) is 25.5. The van der Waals surface area contributed by atoms with E-state index in [0.29, 0.717) is 26.2 Å². The number of rotatable bonds is 12. The van der Waals surface area contributed by atoms with E-state index < -0.39 is 14.1 Å². The molecule has 0 aromatic heterocycles. The van der Waals surface area contributed by atoms with Crippen molar-refractivity contribution < 1.29 is 45.9 Å². The molecule has 1 N–H and O–H groups in total. The summed E-state index contributed by atoms with van der Waals surface area (Å²) in [5.41, 5.74) is 2.86. The standard InChI is InChI=1S/C56H71N3O2P2.C4H8O.C2H5O.Sc/c1-53(2,3)41-37-47(55(7,8)9)51(60)49(39-41)62(43-25-17-13-18-26-43,44-27-19-14-20-28-44)58-35-33-57-34-36-59-63(45-29-21-15-22-30-45,46-31-23-16-24-32-46)50-40-42(54(4,5)6)38-48(52(50)61)56(10,11)12;1-2-4-5-3-1;1-2-3;/h13-32,37-40,57,60-61H,33-36H2,1-12H3;1-4H2;2H2,1H3;/q;;-1;+3/p-2. The molecule has 0 bridgehead atoms. The Hall–Kier alpha value is -3.87. The molecule has 0 unspecified atom stereocenters. The van der Waals surface area contributed by atoms with Gasteiger partial charge in [0.2, 0.25) is 0 Å². The van der Waals surface area contributed by atoms with E-state index in [1.165, 1.54) is 12.8 Å². The van der Waals surface area contributed by atoms with Gasteiger partial charge >= 0.3 is 25.8 Å². The normalized spacial score (nSPS) is 13.2. The van der Waals surface area contributed by atoms with Crippen molar-refractivity contribution in [1.29, 1.82) is 0 Å². The molecule has 382 valence electrons. The van der Waals surface area contributed by atoms with Gasteiger partial charge in [0.15, 0.2) is 0 Å². The Bertz CT molecular complexity index is 2440. The van der Waals surface area contributed by atoms with Gasteiger partial charge in [-0.1, -0.05) is 235 Å². The van der Waals surface area contributed by atoms with Crippen molar-refractivity contribution in [3.05, 3.63) is 168 Å². The molecule has 72 heavy (non-hydrogen) atoms. The van der Waals surface area contributed by atoms with E-state index in [9.17, 15) is 0 Å². The van der Waals surface area contributed by atoms with Crippen molar-refractivity contribution >= 4 is 45.9 Å². The smallest absolute Gasteiger partial charge is 0.872 e. The third kappa shape index (κ3) is 14.9. The summed E-state index contributed by atoms with van der Waals surface area (Å²) in [5, 5.41) is 48.5. The molecular weight excluding hydrogens is 958 g/mol. The van der Waals surface area contributed by atoms with Crippen molar-refractivity contribution in [3.8, 4) is 11.5 Å². The Kier molecular flexibility index (Phi) is 22.4. The first kappa shape index (κ1) is 60.7. The molecule has 0 spiro atoms. The fourth-order valence-corrected chi connectivity index (χ4v) is 16.2. The molecule has 1 heterocycles. The van der Waals surface area contributed by atoms with Crippen LogP contribution < -0.4 is 52.5 Å². The van der Waals surface area contributed by atoms with Crippen LogP contribution in [0.15, 0.2) is 155 Å². The first-order chi connectivity index (χ1) is 33.5. The minimum atomic E-state index is -2.81. The molecule has 1 aliphatic heterocycles. The van der Waals surface area contributed by atoms with E-state index in [1.54, 1.807) is 6.92 Å². The van der Waals surface area contributed by atoms with Crippen molar-refractivity contribution in [2.45, 2.75) is 125 Å². The molecule has 6 aromatic rings. The van der Waals surface area contributed by atoms with Crippen LogP contribution in [0.1, 0.15) is 125 Å². The van der Waals surface area contributed by atoms with Crippen LogP contribution in [-0.4, -0.2) is 46.0 Å². The molecule has 10 heteroatoms. The molecule has 1 fully saturated rings. The van der Waals surface area contributed by atoms with Crippen molar-refractivity contribution in [1.82, 2.24) is 5.32 Å². The summed E-state index contributed by atoms with van der Waals surface area (Å²) < 4.78 is 16.4. The second kappa shape index (κ2) is 26.6. The summed E-state index contributed by atoms with van der Waals surface area (Å²) in [6, 6.07) is 50.4. The molecule has 1 saturated heterocycles. The third-order valence-corrected chi connectivity index (χ3v) is 20.2. The Morgan fingerprint density at radius 2 is 0.750 bits per heavy atom. The minimum absolute atomic E-state index is 0. The number of ether oxygens (including phenoxy) is 1. The molecular formula is C62H82N3O4P2Sc. The summed E-state index contributed by atoms with van der Waals surface area (Å²) in [5.74, 6) is 0.161. The van der Waals surface area contributed by atoms with E-state index in [-0.39, 0.29) is 65.6 Å². The Labute approximate surface area is 453 Å². The van der Waals surface area contributed by atoms with E-state index in [1.807, 2.05) is 24.3 Å². The van der Waals surface area contributed by atoms with Crippen LogP contribution in [-0.2, 0) is 52.2 Å². The first-order valence-corrected chi connectivity index (χ1v) is 29.0. The molecule has 1 aliphatic rings. The summed E-state index contributed by atoms with van der Waals surface area (Å²) in [6.45, 7) is 31.8. The van der Waals surface area contributed by atoms with Crippen LogP contribution in [0.5, 0.6) is 11.5 Å². The number of hydrogen-bond acceptors (Lipinski definition) is 7. The van der Waals surface area contributed by atoms with Gasteiger partial charge in [0.05, 0.1) is 27.2 Å². The third-order valence-electron chi connectivity index (χ3n) is 12.7. The summed E-state index contributed by atoms with van der Waals surface area (Å²) in [4.78, 5) is 0. The van der Waals surface area contributed by atoms with E-state index in [4.69, 9.17) is 19.3 Å². The molecule has 0 aliphatic carbocycles. The van der Waals surface area contributed by atoms with Gasteiger partial charge in [-0.05, 0) is 79.5 Å². The molecule has 0 amide bonds. The average molecular weight is 1040 g/mol. The maximum absolute atomic E-state index is 15.0. The fourth-order valence-electron chi connectivity index (χ4n) is 8.79. The van der Waals surface area contributed by atoms with Gasteiger partial charge in [-0.25, -0.2) is 0 Å². The van der Waals surface area contributed by atoms with Crippen LogP contribution >= 0.6 is 14.1 Å². The van der Waals surface area contributed by atoms with Gasteiger partial charge in [0.25, 0.3) is 0 Å². The van der Waals surface area contributed by atoms with Gasteiger partial charge in [-0.2, -0.15) is 0 Å². The number of benzene rings is 6. The zero-order valence-corrected chi connectivity index (χ0v) is 49.3. The van der Waals surface area contributed by atoms with Crippen molar-refractivity contribution in [2.75, 3.05) is 46.0 Å². The van der Waals surface area contributed by atoms with Crippen LogP contribution in [0.4, 0.5) is 0 Å². The summed E-state index contributed by atoms with van der Waals surface area (Å²) >= 11 is 0. The molecule has 7 rings (SSSR count). The Balaban J connectivity index is 0.00000115. The molecule has 6 aromatic carbocycles. The summed E-state index contributed by atoms with van der Waals surface area (Å²) in [6.07, 6.45) is 2.56. The molecule has 0 atom stereocenters. The summed E-state index contributed by atoms with van der Waals surface area (Å²) in [7, 11) is -5.62. The quantitative estimate of drug-likeness (QED) is 0.0969. The molecule has 0 saturated carbocycles. The topological polar surface area (TPSA) is 115 Å². The van der Waals surface area contributed by atoms with E-state index in [0.717, 1.165) is 67.3 Å². The predicted octanol–water partition coefficient (Wildman–Crippen LogP) is 10.4. The van der Waals surface area contributed by atoms with Crippen LogP contribution in [0.25, 0.3) is 0 Å². The maximum Gasteiger partial charge on any atom is 3.00 e. The molecule has 7 nitrogen and oxygen atoms in total. The minimum Gasteiger partial charge on any atom is -0.872 e. The monoisotopic (exact) mass is 1040 g/mol. The maximum atomic E-state index is 15.0. The second-order valence-corrected chi connectivity index (χ2v) is 28.6. The fraction of sp³-hybridized carbons (Fsp3) is 0.419. The van der Waals surface area contributed by atoms with Gasteiger partial charge in [-0.3, -0.25) is 9.49 Å². The average Bonchev–Trinajstić information content (AvgIpc) is 3.93. The zero-order chi connectivity index (χ0) is 52.1. The van der Waals surface area contributed by atoms with E-state index in [2.05, 4.69) is 210 Å². The van der Waals surface area contributed by atoms with Crippen molar-refractivity contribution in [2.24, 2.45) is 9.49 Å². The molecule has 0 radical (unpaired) electrons. The Morgan fingerprint density at radius 1 is 0.472 bits per heavy atom.